The highest BCUT2D eigenvalue weighted by Gasteiger charge is 2.27. The molecule has 168 valence electrons. The highest BCUT2D eigenvalue weighted by Crippen LogP contribution is 2.27. The molecule has 7 nitrogen and oxygen atoms in total. The number of amides is 1. The van der Waals surface area contributed by atoms with E-state index >= 15 is 0 Å². The van der Waals surface area contributed by atoms with Crippen molar-refractivity contribution in [2.45, 2.75) is 38.1 Å². The number of nitrogens with one attached hydrogen (secondary N) is 1. The third kappa shape index (κ3) is 6.73. The number of halogens is 1. The van der Waals surface area contributed by atoms with Crippen LogP contribution in [0, 0.1) is 5.92 Å². The highest BCUT2D eigenvalue weighted by molar-refractivity contribution is 14.0. The molecule has 0 bridgehead atoms. The number of aliphatic imine (C=N–C) groups is 1. The Kier molecular flexibility index (Phi) is 10.2. The van der Waals surface area contributed by atoms with E-state index in [0.29, 0.717) is 12.3 Å². The Morgan fingerprint density at radius 1 is 1.30 bits per heavy atom. The van der Waals surface area contributed by atoms with E-state index in [0.717, 1.165) is 57.3 Å². The molecule has 2 atom stereocenters. The smallest absolute Gasteiger partial charge is 0.217 e. The molecule has 2 unspecified atom stereocenters. The lowest BCUT2D eigenvalue weighted by Crippen LogP contribution is -2.49. The lowest BCUT2D eigenvalue weighted by molar-refractivity contribution is -0.119. The summed E-state index contributed by atoms with van der Waals surface area (Å²) in [6.07, 6.45) is 5.06. The Balaban J connectivity index is 0.00000320. The number of likely N-dealkylation sites (tertiary alicyclic amines) is 2. The maximum Gasteiger partial charge on any atom is 0.217 e. The number of ether oxygens (including phenoxy) is 1. The van der Waals surface area contributed by atoms with E-state index in [1.165, 1.54) is 18.4 Å². The van der Waals surface area contributed by atoms with Crippen LogP contribution in [0.3, 0.4) is 0 Å². The molecule has 30 heavy (non-hydrogen) atoms. The van der Waals surface area contributed by atoms with Gasteiger partial charge in [-0.2, -0.15) is 0 Å². The fourth-order valence-corrected chi connectivity index (χ4v) is 4.59. The normalized spacial score (nSPS) is 21.1. The highest BCUT2D eigenvalue weighted by atomic mass is 127. The van der Waals surface area contributed by atoms with Crippen LogP contribution in [-0.2, 0) is 4.79 Å². The second-order valence-corrected chi connectivity index (χ2v) is 8.09. The molecule has 3 N–H and O–H groups in total. The topological polar surface area (TPSA) is 83.2 Å². The van der Waals surface area contributed by atoms with Crippen LogP contribution in [0.2, 0.25) is 0 Å². The fraction of sp³-hybridized carbons (Fsp3) is 0.636. The van der Waals surface area contributed by atoms with Gasteiger partial charge < -0.3 is 20.7 Å². The maximum absolute atomic E-state index is 11.3. The predicted octanol–water partition coefficient (Wildman–Crippen LogP) is 2.61. The standard InChI is InChI=1S/C22H35N5O2.HI/c1-24-22(27-12-6-7-17(16-27)13-21(23)28)25-15-20(26-10-3-4-11-26)18-8-5-9-19(14-18)29-2;/h5,8-9,14,17,20H,3-4,6-7,10-13,15-16H2,1-2H3,(H2,23,28)(H,24,25);1H. The summed E-state index contributed by atoms with van der Waals surface area (Å²) in [6, 6.07) is 8.64. The monoisotopic (exact) mass is 529 g/mol. The lowest BCUT2D eigenvalue weighted by atomic mass is 9.95. The van der Waals surface area contributed by atoms with Crippen LogP contribution in [0.15, 0.2) is 29.3 Å². The van der Waals surface area contributed by atoms with Crippen LogP contribution in [-0.4, -0.2) is 68.5 Å². The third-order valence-electron chi connectivity index (χ3n) is 6.03. The number of carbonyl (C=O) groups excluding carboxylic acids is 1. The van der Waals surface area contributed by atoms with Gasteiger partial charge in [0.1, 0.15) is 5.75 Å². The van der Waals surface area contributed by atoms with Crippen molar-refractivity contribution < 1.29 is 9.53 Å². The first-order valence-corrected chi connectivity index (χ1v) is 10.7. The first kappa shape index (κ1) is 24.7. The van der Waals surface area contributed by atoms with Crippen molar-refractivity contribution in [3.8, 4) is 5.75 Å². The van der Waals surface area contributed by atoms with Crippen LogP contribution in [0.4, 0.5) is 0 Å². The molecular weight excluding hydrogens is 493 g/mol. The van der Waals surface area contributed by atoms with E-state index < -0.39 is 0 Å². The van der Waals surface area contributed by atoms with E-state index in [-0.39, 0.29) is 35.9 Å². The van der Waals surface area contributed by atoms with Crippen LogP contribution in [0.1, 0.15) is 43.7 Å². The number of primary amides is 1. The summed E-state index contributed by atoms with van der Waals surface area (Å²) >= 11 is 0. The Hall–Kier alpha value is -1.55. The molecule has 2 saturated heterocycles. The van der Waals surface area contributed by atoms with Gasteiger partial charge in [-0.1, -0.05) is 12.1 Å². The molecule has 2 heterocycles. The zero-order chi connectivity index (χ0) is 20.6. The van der Waals surface area contributed by atoms with Crippen molar-refractivity contribution in [2.24, 2.45) is 16.6 Å². The van der Waals surface area contributed by atoms with E-state index in [1.807, 2.05) is 13.1 Å². The molecule has 0 radical (unpaired) electrons. The Bertz CT molecular complexity index is 709. The number of hydrogen-bond acceptors (Lipinski definition) is 4. The fourth-order valence-electron chi connectivity index (χ4n) is 4.59. The predicted molar refractivity (Wildman–Crippen MR) is 131 cm³/mol. The van der Waals surface area contributed by atoms with Gasteiger partial charge in [-0.15, -0.1) is 24.0 Å². The molecule has 0 aromatic heterocycles. The van der Waals surface area contributed by atoms with Crippen molar-refractivity contribution in [3.63, 3.8) is 0 Å². The van der Waals surface area contributed by atoms with E-state index in [2.05, 4.69) is 38.3 Å². The minimum Gasteiger partial charge on any atom is -0.497 e. The number of benzene rings is 1. The minimum absolute atomic E-state index is 0. The van der Waals surface area contributed by atoms with Crippen molar-refractivity contribution in [3.05, 3.63) is 29.8 Å². The molecule has 0 aliphatic carbocycles. The molecule has 2 aliphatic rings. The van der Waals surface area contributed by atoms with E-state index in [9.17, 15) is 4.79 Å². The summed E-state index contributed by atoms with van der Waals surface area (Å²) in [5.41, 5.74) is 6.68. The Morgan fingerprint density at radius 3 is 2.73 bits per heavy atom. The zero-order valence-electron chi connectivity index (χ0n) is 18.2. The minimum atomic E-state index is -0.216. The number of carbonyl (C=O) groups is 1. The second kappa shape index (κ2) is 12.3. The van der Waals surface area contributed by atoms with Gasteiger partial charge in [-0.3, -0.25) is 14.7 Å². The van der Waals surface area contributed by atoms with E-state index in [4.69, 9.17) is 10.5 Å². The number of hydrogen-bond donors (Lipinski definition) is 2. The first-order chi connectivity index (χ1) is 14.1. The molecule has 2 fully saturated rings. The van der Waals surface area contributed by atoms with Crippen LogP contribution in [0.5, 0.6) is 5.75 Å². The average Bonchev–Trinajstić information content (AvgIpc) is 3.25. The summed E-state index contributed by atoms with van der Waals surface area (Å²) in [4.78, 5) is 20.7. The average molecular weight is 529 g/mol. The first-order valence-electron chi connectivity index (χ1n) is 10.7. The van der Waals surface area contributed by atoms with Gasteiger partial charge in [0.15, 0.2) is 5.96 Å². The Labute approximate surface area is 197 Å². The SMILES string of the molecule is CN=C(NCC(c1cccc(OC)c1)N1CCCC1)N1CCCC(CC(N)=O)C1.I. The summed E-state index contributed by atoms with van der Waals surface area (Å²) in [7, 11) is 3.54. The summed E-state index contributed by atoms with van der Waals surface area (Å²) in [6.45, 7) is 4.81. The Morgan fingerprint density at radius 2 is 2.07 bits per heavy atom. The molecule has 3 rings (SSSR count). The maximum atomic E-state index is 11.3. The van der Waals surface area contributed by atoms with Gasteiger partial charge in [0.2, 0.25) is 5.91 Å². The largest absolute Gasteiger partial charge is 0.497 e. The second-order valence-electron chi connectivity index (χ2n) is 8.09. The molecule has 0 spiro atoms. The number of methoxy groups -OCH3 is 1. The summed E-state index contributed by atoms with van der Waals surface area (Å²) in [5, 5.41) is 3.60. The van der Waals surface area contributed by atoms with Crippen LogP contribution in [0.25, 0.3) is 0 Å². The number of rotatable bonds is 7. The number of nitrogens with two attached hydrogens (primary N) is 1. The quantitative estimate of drug-likeness (QED) is 0.323. The molecule has 1 aromatic rings. The molecule has 8 heteroatoms. The van der Waals surface area contributed by atoms with E-state index in [1.54, 1.807) is 7.11 Å². The number of piperidine rings is 1. The van der Waals surface area contributed by atoms with Gasteiger partial charge in [0, 0.05) is 33.1 Å². The van der Waals surface area contributed by atoms with Crippen LogP contribution >= 0.6 is 24.0 Å². The number of nitrogens with zero attached hydrogens (tertiary/aromatic N) is 3. The molecule has 1 aromatic carbocycles. The van der Waals surface area contributed by atoms with Crippen LogP contribution < -0.4 is 15.8 Å². The lowest BCUT2D eigenvalue weighted by Gasteiger charge is -2.36. The van der Waals surface area contributed by atoms with Gasteiger partial charge in [-0.25, -0.2) is 0 Å². The van der Waals surface area contributed by atoms with Crippen molar-refractivity contribution in [1.29, 1.82) is 0 Å². The van der Waals surface area contributed by atoms with Gasteiger partial charge in [0.05, 0.1) is 13.2 Å². The molecule has 2 aliphatic heterocycles. The van der Waals surface area contributed by atoms with Gasteiger partial charge in [0.25, 0.3) is 0 Å². The summed E-state index contributed by atoms with van der Waals surface area (Å²) < 4.78 is 5.44. The molecular formula is C22H36IN5O2. The van der Waals surface area contributed by atoms with Gasteiger partial charge >= 0.3 is 0 Å². The summed E-state index contributed by atoms with van der Waals surface area (Å²) in [5.74, 6) is 1.90. The number of guanidine groups is 1. The van der Waals surface area contributed by atoms with Gasteiger partial charge in [-0.05, 0) is 62.4 Å². The van der Waals surface area contributed by atoms with Crippen molar-refractivity contribution >= 4 is 35.8 Å². The molecule has 0 saturated carbocycles. The van der Waals surface area contributed by atoms with Crippen molar-refractivity contribution in [1.82, 2.24) is 15.1 Å². The third-order valence-corrected chi connectivity index (χ3v) is 6.03. The zero-order valence-corrected chi connectivity index (χ0v) is 20.5. The molecule has 1 amide bonds. The van der Waals surface area contributed by atoms with Crippen molar-refractivity contribution in [2.75, 3.05) is 46.9 Å².